The lowest BCUT2D eigenvalue weighted by Crippen LogP contribution is -1.95. The Morgan fingerprint density at radius 2 is 0.947 bits per heavy atom. The van der Waals surface area contributed by atoms with Gasteiger partial charge in [0, 0.05) is 16.6 Å². The molecule has 0 aromatic carbocycles. The molecule has 0 unspecified atom stereocenters. The summed E-state index contributed by atoms with van der Waals surface area (Å²) in [6.45, 7) is 4.51. The fraction of sp³-hybridized carbons (Fsp3) is 0.375. The zero-order valence-corrected chi connectivity index (χ0v) is 25.5. The molecule has 198 valence electrons. The van der Waals surface area contributed by atoms with Gasteiger partial charge in [-0.15, -0.1) is 0 Å². The number of aryl methyl sites for hydroxylation is 1. The highest BCUT2D eigenvalue weighted by molar-refractivity contribution is 9.11. The van der Waals surface area contributed by atoms with Gasteiger partial charge in [-0.3, -0.25) is 0 Å². The Labute approximate surface area is 242 Å². The van der Waals surface area contributed by atoms with Gasteiger partial charge in [0.1, 0.15) is 0 Å². The molecule has 2 aliphatic heterocycles. The average Bonchev–Trinajstić information content (AvgIpc) is 3.74. The summed E-state index contributed by atoms with van der Waals surface area (Å²) in [6.07, 6.45) is 20.3. The number of nitrogens with one attached hydrogen (secondary N) is 2. The van der Waals surface area contributed by atoms with Crippen LogP contribution in [-0.2, 0) is 12.8 Å². The van der Waals surface area contributed by atoms with Crippen LogP contribution in [0.15, 0.2) is 33.2 Å². The zero-order valence-electron chi connectivity index (χ0n) is 22.3. The molecule has 5 heterocycles. The molecule has 0 radical (unpaired) electrons. The molecule has 2 N–H and O–H groups in total. The Morgan fingerprint density at radius 1 is 0.526 bits per heavy atom. The standard InChI is InChI=1S/C32H36Br2N4/c1-3-5-7-9-11-21-23-13-17-27(35-23)31(33)29-19-15-25(37-29)22(12-10-8-6-4-2)26-16-20-30(38-26)32(34)28-18-14-24(21)36-28/h13-20,35-36H,3-12H2,1-2H3. The van der Waals surface area contributed by atoms with Crippen molar-refractivity contribution in [1.82, 2.24) is 19.9 Å². The van der Waals surface area contributed by atoms with Gasteiger partial charge < -0.3 is 9.97 Å². The van der Waals surface area contributed by atoms with E-state index in [9.17, 15) is 0 Å². The topological polar surface area (TPSA) is 57.4 Å². The Kier molecular flexibility index (Phi) is 9.01. The summed E-state index contributed by atoms with van der Waals surface area (Å²) in [5, 5.41) is 0. The fourth-order valence-electron chi connectivity index (χ4n) is 5.24. The maximum absolute atomic E-state index is 5.08. The normalized spacial score (nSPS) is 12.5. The third-order valence-corrected chi connectivity index (χ3v) is 9.07. The maximum atomic E-state index is 5.08. The van der Waals surface area contributed by atoms with Crippen LogP contribution < -0.4 is 0 Å². The number of fused-ring (bicyclic) bond motifs is 8. The molecule has 4 nitrogen and oxygen atoms in total. The van der Waals surface area contributed by atoms with E-state index >= 15 is 0 Å². The van der Waals surface area contributed by atoms with Gasteiger partial charge in [-0.25, -0.2) is 9.97 Å². The van der Waals surface area contributed by atoms with Crippen molar-refractivity contribution in [2.75, 3.05) is 0 Å². The van der Waals surface area contributed by atoms with Gasteiger partial charge in [0.15, 0.2) is 0 Å². The number of H-pyrrole nitrogens is 2. The Morgan fingerprint density at radius 3 is 1.42 bits per heavy atom. The molecule has 38 heavy (non-hydrogen) atoms. The minimum absolute atomic E-state index is 0.942. The number of aromatic amines is 2. The van der Waals surface area contributed by atoms with Crippen molar-refractivity contribution in [1.29, 1.82) is 0 Å². The van der Waals surface area contributed by atoms with Gasteiger partial charge in [0.2, 0.25) is 0 Å². The number of unbranched alkanes of at least 4 members (excludes halogenated alkanes) is 6. The van der Waals surface area contributed by atoms with Crippen LogP contribution in [0.2, 0.25) is 0 Å². The molecule has 8 bridgehead atoms. The van der Waals surface area contributed by atoms with Gasteiger partial charge in [-0.1, -0.05) is 52.4 Å². The summed E-state index contributed by atoms with van der Waals surface area (Å²) in [5.41, 5.74) is 10.8. The summed E-state index contributed by atoms with van der Waals surface area (Å²) in [4.78, 5) is 17.5. The molecule has 2 aliphatic rings. The van der Waals surface area contributed by atoms with E-state index in [0.29, 0.717) is 0 Å². The summed E-state index contributed by atoms with van der Waals surface area (Å²) >= 11 is 7.73. The van der Waals surface area contributed by atoms with Crippen LogP contribution in [0, 0.1) is 0 Å². The van der Waals surface area contributed by atoms with Gasteiger partial charge in [0.05, 0.1) is 42.8 Å². The Hall–Kier alpha value is -2.44. The van der Waals surface area contributed by atoms with Crippen LogP contribution in [0.4, 0.5) is 0 Å². The number of nitrogens with zero attached hydrogens (tertiary/aromatic N) is 2. The number of hydrogen-bond acceptors (Lipinski definition) is 2. The largest absolute Gasteiger partial charge is 0.354 e. The SMILES string of the molecule is CCCCCCc1c2nc(c(Br)c3ccc([nH]3)c(CCCCCC)c3ccc([nH]3)c(Br)c3nc1C=C3)C=C2. The summed E-state index contributed by atoms with van der Waals surface area (Å²) in [6, 6.07) is 8.71. The lowest BCUT2D eigenvalue weighted by molar-refractivity contribution is 0.665. The first kappa shape index (κ1) is 27.1. The first-order valence-corrected chi connectivity index (χ1v) is 15.6. The molecule has 0 aliphatic carbocycles. The number of halogens is 2. The van der Waals surface area contributed by atoms with E-state index in [-0.39, 0.29) is 0 Å². The second-order valence-corrected chi connectivity index (χ2v) is 11.8. The minimum atomic E-state index is 0.942. The molecular weight excluding hydrogens is 600 g/mol. The van der Waals surface area contributed by atoms with E-state index in [4.69, 9.17) is 9.97 Å². The van der Waals surface area contributed by atoms with Crippen LogP contribution in [0.3, 0.4) is 0 Å². The Bertz CT molecular complexity index is 1420. The van der Waals surface area contributed by atoms with E-state index in [2.05, 4.69) is 104 Å². The predicted molar refractivity (Wildman–Crippen MR) is 170 cm³/mol. The second kappa shape index (κ2) is 12.6. The second-order valence-electron chi connectivity index (χ2n) is 10.2. The van der Waals surface area contributed by atoms with Crippen molar-refractivity contribution in [2.24, 2.45) is 0 Å². The van der Waals surface area contributed by atoms with Crippen LogP contribution in [0.1, 0.15) is 99.1 Å². The van der Waals surface area contributed by atoms with Gasteiger partial charge >= 0.3 is 0 Å². The van der Waals surface area contributed by atoms with Gasteiger partial charge in [-0.05, 0) is 112 Å². The van der Waals surface area contributed by atoms with Crippen molar-refractivity contribution in [3.05, 3.63) is 67.1 Å². The van der Waals surface area contributed by atoms with Gasteiger partial charge in [-0.2, -0.15) is 0 Å². The molecular formula is C32H36Br2N4. The zero-order chi connectivity index (χ0) is 26.5. The van der Waals surface area contributed by atoms with Crippen LogP contribution in [0.25, 0.3) is 46.4 Å². The van der Waals surface area contributed by atoms with E-state index in [1.54, 1.807) is 0 Å². The lowest BCUT2D eigenvalue weighted by atomic mass is 10.0. The van der Waals surface area contributed by atoms with E-state index in [0.717, 1.165) is 73.1 Å². The third kappa shape index (κ3) is 5.91. The van der Waals surface area contributed by atoms with Crippen molar-refractivity contribution < 1.29 is 0 Å². The first-order chi connectivity index (χ1) is 18.6. The molecule has 3 aromatic rings. The van der Waals surface area contributed by atoms with Gasteiger partial charge in [0.25, 0.3) is 0 Å². The van der Waals surface area contributed by atoms with Crippen LogP contribution in [0.5, 0.6) is 0 Å². The molecule has 0 saturated carbocycles. The minimum Gasteiger partial charge on any atom is -0.354 e. The molecule has 3 aromatic heterocycles. The molecule has 6 heteroatoms. The number of hydrogen-bond donors (Lipinski definition) is 2. The van der Waals surface area contributed by atoms with Crippen molar-refractivity contribution in [2.45, 2.75) is 78.1 Å². The number of aromatic nitrogens is 4. The summed E-state index contributed by atoms with van der Waals surface area (Å²) in [7, 11) is 0. The molecule has 0 spiro atoms. The first-order valence-electron chi connectivity index (χ1n) is 14.0. The molecule has 0 saturated heterocycles. The van der Waals surface area contributed by atoms with Crippen LogP contribution >= 0.6 is 31.9 Å². The smallest absolute Gasteiger partial charge is 0.0800 e. The Balaban J connectivity index is 1.74. The van der Waals surface area contributed by atoms with E-state index in [1.807, 2.05) is 0 Å². The molecule has 5 rings (SSSR count). The highest BCUT2D eigenvalue weighted by atomic mass is 79.9. The lowest BCUT2D eigenvalue weighted by Gasteiger charge is -2.04. The maximum Gasteiger partial charge on any atom is 0.0800 e. The van der Waals surface area contributed by atoms with Crippen molar-refractivity contribution in [3.8, 4) is 0 Å². The number of rotatable bonds is 10. The molecule has 0 atom stereocenters. The highest BCUT2D eigenvalue weighted by Crippen LogP contribution is 2.31. The molecule has 0 fully saturated rings. The van der Waals surface area contributed by atoms with Crippen molar-refractivity contribution >= 4 is 78.2 Å². The average molecular weight is 636 g/mol. The highest BCUT2D eigenvalue weighted by Gasteiger charge is 2.15. The molecule has 0 amide bonds. The van der Waals surface area contributed by atoms with E-state index in [1.165, 1.54) is 56.1 Å². The van der Waals surface area contributed by atoms with E-state index < -0.39 is 0 Å². The van der Waals surface area contributed by atoms with Crippen molar-refractivity contribution in [3.63, 3.8) is 0 Å². The quantitative estimate of drug-likeness (QED) is 0.150. The summed E-state index contributed by atoms with van der Waals surface area (Å²) < 4.78 is 1.97. The predicted octanol–water partition coefficient (Wildman–Crippen LogP) is 10.4. The monoisotopic (exact) mass is 634 g/mol. The summed E-state index contributed by atoms with van der Waals surface area (Å²) in [5.74, 6) is 0. The fourth-order valence-corrected chi connectivity index (χ4v) is 6.14. The third-order valence-electron chi connectivity index (χ3n) is 7.40. The van der Waals surface area contributed by atoms with Crippen LogP contribution in [-0.4, -0.2) is 19.9 Å².